The van der Waals surface area contributed by atoms with Gasteiger partial charge in [-0.2, -0.15) is 0 Å². The number of hydrogen-bond donors (Lipinski definition) is 2. The molecule has 2 aromatic carbocycles. The van der Waals surface area contributed by atoms with Crippen molar-refractivity contribution in [3.63, 3.8) is 0 Å². The van der Waals surface area contributed by atoms with Crippen LogP contribution in [0.25, 0.3) is 0 Å². The van der Waals surface area contributed by atoms with Crippen molar-refractivity contribution in [3.05, 3.63) is 59.9 Å². The fraction of sp³-hybridized carbons (Fsp3) is 0.292. The quantitative estimate of drug-likeness (QED) is 0.506. The van der Waals surface area contributed by atoms with E-state index in [-0.39, 0.29) is 5.91 Å². The summed E-state index contributed by atoms with van der Waals surface area (Å²) in [6.07, 6.45) is 0. The zero-order chi connectivity index (χ0) is 23.1. The third kappa shape index (κ3) is 5.66. The Labute approximate surface area is 188 Å². The number of nitrogens with zero attached hydrogens (tertiary/aromatic N) is 3. The van der Waals surface area contributed by atoms with Gasteiger partial charge in [0.05, 0.1) is 14.2 Å². The van der Waals surface area contributed by atoms with Gasteiger partial charge in [0.1, 0.15) is 29.0 Å². The van der Waals surface area contributed by atoms with E-state index < -0.39 is 0 Å². The zero-order valence-corrected chi connectivity index (χ0v) is 19.1. The van der Waals surface area contributed by atoms with Gasteiger partial charge in [0.15, 0.2) is 0 Å². The zero-order valence-electron chi connectivity index (χ0n) is 19.1. The molecule has 8 nitrogen and oxygen atoms in total. The molecule has 8 heteroatoms. The topological polar surface area (TPSA) is 88.6 Å². The number of carbonyl (C=O) groups excluding carboxylic acids is 1. The van der Waals surface area contributed by atoms with Crippen LogP contribution in [0.1, 0.15) is 30.0 Å². The molecular weight excluding hydrogens is 406 g/mol. The van der Waals surface area contributed by atoms with Crippen molar-refractivity contribution in [2.24, 2.45) is 0 Å². The van der Waals surface area contributed by atoms with Gasteiger partial charge in [-0.3, -0.25) is 4.79 Å². The molecule has 0 radical (unpaired) electrons. The van der Waals surface area contributed by atoms with Crippen LogP contribution in [0.15, 0.2) is 48.5 Å². The highest BCUT2D eigenvalue weighted by molar-refractivity contribution is 6.04. The van der Waals surface area contributed by atoms with Crippen molar-refractivity contribution in [1.82, 2.24) is 9.97 Å². The maximum Gasteiger partial charge on any atom is 0.255 e. The number of carbonyl (C=O) groups is 1. The van der Waals surface area contributed by atoms with Crippen molar-refractivity contribution < 1.29 is 14.3 Å². The number of nitrogens with one attached hydrogen (secondary N) is 2. The third-order valence-corrected chi connectivity index (χ3v) is 4.94. The Morgan fingerprint density at radius 1 is 0.906 bits per heavy atom. The number of amides is 1. The summed E-state index contributed by atoms with van der Waals surface area (Å²) in [7, 11) is 3.10. The number of aromatic nitrogens is 2. The second-order valence-corrected chi connectivity index (χ2v) is 7.09. The Balaban J connectivity index is 1.71. The fourth-order valence-corrected chi connectivity index (χ4v) is 3.25. The third-order valence-electron chi connectivity index (χ3n) is 4.94. The smallest absolute Gasteiger partial charge is 0.255 e. The van der Waals surface area contributed by atoms with E-state index in [0.29, 0.717) is 28.6 Å². The lowest BCUT2D eigenvalue weighted by atomic mass is 10.1. The Hall–Kier alpha value is -3.81. The lowest BCUT2D eigenvalue weighted by molar-refractivity contribution is 0.102. The molecule has 0 spiro atoms. The molecule has 1 amide bonds. The first-order valence-electron chi connectivity index (χ1n) is 10.5. The van der Waals surface area contributed by atoms with E-state index in [1.165, 1.54) is 0 Å². The molecule has 0 aliphatic rings. The van der Waals surface area contributed by atoms with E-state index in [1.54, 1.807) is 32.4 Å². The van der Waals surface area contributed by atoms with Crippen molar-refractivity contribution in [2.75, 3.05) is 42.8 Å². The molecule has 0 saturated carbocycles. The molecule has 32 heavy (non-hydrogen) atoms. The summed E-state index contributed by atoms with van der Waals surface area (Å²) < 4.78 is 10.5. The second-order valence-electron chi connectivity index (χ2n) is 7.09. The average molecular weight is 436 g/mol. The molecule has 0 saturated heterocycles. The van der Waals surface area contributed by atoms with Gasteiger partial charge in [-0.15, -0.1) is 0 Å². The predicted octanol–water partition coefficient (Wildman–Crippen LogP) is 4.64. The van der Waals surface area contributed by atoms with E-state index >= 15 is 0 Å². The molecule has 0 bridgehead atoms. The van der Waals surface area contributed by atoms with Gasteiger partial charge in [-0.25, -0.2) is 9.97 Å². The summed E-state index contributed by atoms with van der Waals surface area (Å²) in [6.45, 7) is 7.83. The van der Waals surface area contributed by atoms with Gasteiger partial charge >= 0.3 is 0 Å². The van der Waals surface area contributed by atoms with Crippen LogP contribution in [0, 0.1) is 6.92 Å². The molecular formula is C24H29N5O3. The van der Waals surface area contributed by atoms with Gasteiger partial charge in [0, 0.05) is 42.2 Å². The summed E-state index contributed by atoms with van der Waals surface area (Å²) in [5.74, 6) is 3.17. The molecule has 3 rings (SSSR count). The minimum Gasteiger partial charge on any atom is -0.497 e. The van der Waals surface area contributed by atoms with Crippen LogP contribution in [0.4, 0.5) is 23.0 Å². The first kappa shape index (κ1) is 22.9. The summed E-state index contributed by atoms with van der Waals surface area (Å²) in [5, 5.41) is 6.20. The normalized spacial score (nSPS) is 10.4. The molecule has 0 aliphatic heterocycles. The van der Waals surface area contributed by atoms with Gasteiger partial charge in [-0.05, 0) is 57.2 Å². The van der Waals surface area contributed by atoms with Crippen molar-refractivity contribution >= 4 is 28.9 Å². The van der Waals surface area contributed by atoms with Crippen molar-refractivity contribution in [3.8, 4) is 11.5 Å². The molecule has 0 atom stereocenters. The van der Waals surface area contributed by atoms with E-state index in [4.69, 9.17) is 9.47 Å². The average Bonchev–Trinajstić information content (AvgIpc) is 2.80. The standard InChI is InChI=1S/C24H29N5O3/c1-6-29(7-2)23-15-22(25-16(3)26-23)27-18-8-10-19(11-9-18)28-24(30)17-12-20(31-4)14-21(13-17)32-5/h8-15H,6-7H2,1-5H3,(H,28,30)(H,25,26,27). The summed E-state index contributed by atoms with van der Waals surface area (Å²) >= 11 is 0. The first-order chi connectivity index (χ1) is 15.4. The molecule has 168 valence electrons. The lowest BCUT2D eigenvalue weighted by Gasteiger charge is -2.20. The van der Waals surface area contributed by atoms with Gasteiger partial charge in [0.2, 0.25) is 0 Å². The SMILES string of the molecule is CCN(CC)c1cc(Nc2ccc(NC(=O)c3cc(OC)cc(OC)c3)cc2)nc(C)n1. The monoisotopic (exact) mass is 435 g/mol. The van der Waals surface area contributed by atoms with E-state index in [1.807, 2.05) is 37.3 Å². The number of benzene rings is 2. The Kier molecular flexibility index (Phi) is 7.49. The van der Waals surface area contributed by atoms with Gasteiger partial charge in [-0.1, -0.05) is 0 Å². The Morgan fingerprint density at radius 3 is 2.06 bits per heavy atom. The maximum atomic E-state index is 12.7. The highest BCUT2D eigenvalue weighted by atomic mass is 16.5. The Morgan fingerprint density at radius 2 is 1.50 bits per heavy atom. The number of ether oxygens (including phenoxy) is 2. The maximum absolute atomic E-state index is 12.7. The predicted molar refractivity (Wildman–Crippen MR) is 128 cm³/mol. The van der Waals surface area contributed by atoms with Gasteiger partial charge < -0.3 is 25.0 Å². The van der Waals surface area contributed by atoms with Crippen LogP contribution in [-0.2, 0) is 0 Å². The van der Waals surface area contributed by atoms with E-state index in [2.05, 4.69) is 39.3 Å². The van der Waals surface area contributed by atoms with E-state index in [9.17, 15) is 4.79 Å². The fourth-order valence-electron chi connectivity index (χ4n) is 3.25. The van der Waals surface area contributed by atoms with Crippen molar-refractivity contribution in [1.29, 1.82) is 0 Å². The Bertz CT molecular complexity index is 1040. The largest absolute Gasteiger partial charge is 0.497 e. The minimum atomic E-state index is -0.252. The highest BCUT2D eigenvalue weighted by Crippen LogP contribution is 2.24. The molecule has 1 heterocycles. The molecule has 3 aromatic rings. The van der Waals surface area contributed by atoms with Crippen LogP contribution in [0.2, 0.25) is 0 Å². The number of rotatable bonds is 9. The molecule has 0 unspecified atom stereocenters. The number of aryl methyl sites for hydroxylation is 1. The highest BCUT2D eigenvalue weighted by Gasteiger charge is 2.11. The molecule has 0 aliphatic carbocycles. The first-order valence-corrected chi connectivity index (χ1v) is 10.5. The minimum absolute atomic E-state index is 0.252. The summed E-state index contributed by atoms with van der Waals surface area (Å²) in [4.78, 5) is 23.8. The molecule has 1 aromatic heterocycles. The van der Waals surface area contributed by atoms with Crippen LogP contribution >= 0.6 is 0 Å². The molecule has 0 fully saturated rings. The number of hydrogen-bond acceptors (Lipinski definition) is 7. The van der Waals surface area contributed by atoms with Crippen molar-refractivity contribution in [2.45, 2.75) is 20.8 Å². The van der Waals surface area contributed by atoms with Gasteiger partial charge in [0.25, 0.3) is 5.91 Å². The van der Waals surface area contributed by atoms with Crippen LogP contribution in [0.3, 0.4) is 0 Å². The summed E-state index contributed by atoms with van der Waals surface area (Å²) in [5.41, 5.74) is 1.98. The number of methoxy groups -OCH3 is 2. The summed E-state index contributed by atoms with van der Waals surface area (Å²) in [6, 6.07) is 14.4. The van der Waals surface area contributed by atoms with E-state index in [0.717, 1.165) is 30.4 Å². The van der Waals surface area contributed by atoms with Crippen LogP contribution in [0.5, 0.6) is 11.5 Å². The molecule has 2 N–H and O–H groups in total. The lowest BCUT2D eigenvalue weighted by Crippen LogP contribution is -2.23. The second kappa shape index (κ2) is 10.5. The number of anilines is 4. The van der Waals surface area contributed by atoms with Crippen LogP contribution in [-0.4, -0.2) is 43.2 Å². The van der Waals surface area contributed by atoms with Crippen LogP contribution < -0.4 is 25.0 Å².